The van der Waals surface area contributed by atoms with Crippen LogP contribution in [0.1, 0.15) is 16.7 Å². The molecule has 0 atom stereocenters. The molecule has 0 aliphatic rings. The number of thiocarbonyl (C=S) groups is 2. The largest absolute Gasteiger partial charge is 0.357 e. The third-order valence-electron chi connectivity index (χ3n) is 3.53. The van der Waals surface area contributed by atoms with E-state index in [-0.39, 0.29) is 0 Å². The predicted molar refractivity (Wildman–Crippen MR) is 114 cm³/mol. The van der Waals surface area contributed by atoms with E-state index >= 15 is 0 Å². The average molecular weight is 393 g/mol. The van der Waals surface area contributed by atoms with Crippen LogP contribution in [0.3, 0.4) is 0 Å². The fourth-order valence-corrected chi connectivity index (χ4v) is 3.04. The lowest BCUT2D eigenvalue weighted by Crippen LogP contribution is -2.49. The second kappa shape index (κ2) is 8.99. The van der Waals surface area contributed by atoms with Crippen LogP contribution >= 0.6 is 36.0 Å². The molecule has 0 heterocycles. The van der Waals surface area contributed by atoms with Gasteiger partial charge in [0.05, 0.1) is 10.7 Å². The zero-order valence-corrected chi connectivity index (χ0v) is 16.8. The Hall–Kier alpha value is -1.89. The molecule has 2 aromatic carbocycles. The zero-order valence-electron chi connectivity index (χ0n) is 14.4. The number of hydrazine groups is 1. The Morgan fingerprint density at radius 2 is 1.80 bits per heavy atom. The summed E-state index contributed by atoms with van der Waals surface area (Å²) < 4.78 is 0. The second-order valence-electron chi connectivity index (χ2n) is 5.71. The topological polar surface area (TPSA) is 39.3 Å². The summed E-state index contributed by atoms with van der Waals surface area (Å²) in [5.74, 6) is 0. The van der Waals surface area contributed by atoms with Crippen molar-refractivity contribution in [2.75, 3.05) is 12.4 Å². The maximum atomic E-state index is 6.29. The smallest absolute Gasteiger partial charge is 0.189 e. The number of nitrogens with zero attached hydrogens (tertiary/aromatic N) is 1. The summed E-state index contributed by atoms with van der Waals surface area (Å²) >= 11 is 17.0. The van der Waals surface area contributed by atoms with Gasteiger partial charge >= 0.3 is 0 Å². The van der Waals surface area contributed by atoms with Crippen LogP contribution in [-0.2, 0) is 6.54 Å². The summed E-state index contributed by atoms with van der Waals surface area (Å²) in [6.45, 7) is 4.64. The molecule has 0 radical (unpaired) electrons. The Morgan fingerprint density at radius 3 is 2.44 bits per heavy atom. The van der Waals surface area contributed by atoms with Crippen molar-refractivity contribution in [3.8, 4) is 0 Å². The number of hydrogen-bond acceptors (Lipinski definition) is 2. The van der Waals surface area contributed by atoms with Gasteiger partial charge in [0.25, 0.3) is 0 Å². The molecule has 132 valence electrons. The maximum absolute atomic E-state index is 6.29. The molecule has 3 N–H and O–H groups in total. The molecule has 25 heavy (non-hydrogen) atoms. The molecule has 0 aliphatic heterocycles. The molecule has 4 nitrogen and oxygen atoms in total. The molecule has 0 aromatic heterocycles. The van der Waals surface area contributed by atoms with Crippen LogP contribution in [0.5, 0.6) is 0 Å². The van der Waals surface area contributed by atoms with Gasteiger partial charge in [0.15, 0.2) is 10.2 Å². The molecule has 0 spiro atoms. The van der Waals surface area contributed by atoms with Crippen molar-refractivity contribution in [2.45, 2.75) is 20.4 Å². The summed E-state index contributed by atoms with van der Waals surface area (Å²) in [5, 5.41) is 9.55. The highest BCUT2D eigenvalue weighted by Gasteiger charge is 2.10. The highest BCUT2D eigenvalue weighted by atomic mass is 35.5. The number of halogens is 1. The van der Waals surface area contributed by atoms with Crippen LogP contribution in [0.2, 0.25) is 5.02 Å². The minimum absolute atomic E-state index is 0.417. The summed E-state index contributed by atoms with van der Waals surface area (Å²) in [6.07, 6.45) is 0. The van der Waals surface area contributed by atoms with Crippen LogP contribution in [0.4, 0.5) is 5.69 Å². The van der Waals surface area contributed by atoms with Crippen molar-refractivity contribution in [3.05, 3.63) is 64.2 Å². The normalized spacial score (nSPS) is 10.1. The van der Waals surface area contributed by atoms with Crippen LogP contribution in [-0.4, -0.2) is 22.3 Å². The van der Waals surface area contributed by atoms with Crippen molar-refractivity contribution in [3.63, 3.8) is 0 Å². The second-order valence-corrected chi connectivity index (χ2v) is 6.91. The number of hydrogen-bond donors (Lipinski definition) is 3. The molecule has 2 aromatic rings. The molecule has 7 heteroatoms. The number of aryl methyl sites for hydroxylation is 2. The Bertz CT molecular complexity index is 742. The van der Waals surface area contributed by atoms with E-state index in [1.807, 2.05) is 56.3 Å². The fourth-order valence-electron chi connectivity index (χ4n) is 2.31. The number of anilines is 1. The Labute approximate surface area is 164 Å². The molecular formula is C18H21ClN4S2. The van der Waals surface area contributed by atoms with E-state index in [0.29, 0.717) is 21.8 Å². The minimum Gasteiger partial charge on any atom is -0.357 e. The average Bonchev–Trinajstić information content (AvgIpc) is 2.56. The van der Waals surface area contributed by atoms with Crippen molar-refractivity contribution in [1.29, 1.82) is 0 Å². The van der Waals surface area contributed by atoms with Gasteiger partial charge in [-0.25, -0.2) is 0 Å². The molecular weight excluding hydrogens is 372 g/mol. The minimum atomic E-state index is 0.417. The van der Waals surface area contributed by atoms with Gasteiger partial charge in [0.2, 0.25) is 0 Å². The first-order valence-electron chi connectivity index (χ1n) is 7.76. The van der Waals surface area contributed by atoms with Crippen molar-refractivity contribution >= 4 is 51.9 Å². The van der Waals surface area contributed by atoms with Crippen LogP contribution in [0.15, 0.2) is 42.5 Å². The van der Waals surface area contributed by atoms with Crippen molar-refractivity contribution < 1.29 is 0 Å². The highest BCUT2D eigenvalue weighted by molar-refractivity contribution is 7.80. The maximum Gasteiger partial charge on any atom is 0.189 e. The lowest BCUT2D eigenvalue weighted by Gasteiger charge is -2.24. The fraction of sp³-hybridized carbons (Fsp3) is 0.222. The van der Waals surface area contributed by atoms with Gasteiger partial charge in [-0.15, -0.1) is 0 Å². The highest BCUT2D eigenvalue weighted by Crippen LogP contribution is 2.27. The molecule has 0 saturated heterocycles. The lowest BCUT2D eigenvalue weighted by atomic mass is 10.1. The molecule has 0 saturated carbocycles. The third-order valence-corrected chi connectivity index (χ3v) is 4.44. The van der Waals surface area contributed by atoms with Gasteiger partial charge in [-0.05, 0) is 61.0 Å². The predicted octanol–water partition coefficient (Wildman–Crippen LogP) is 4.16. The van der Waals surface area contributed by atoms with E-state index in [1.54, 1.807) is 12.1 Å². The summed E-state index contributed by atoms with van der Waals surface area (Å²) in [7, 11) is 1.80. The monoisotopic (exact) mass is 392 g/mol. The first-order chi connectivity index (χ1) is 11.9. The summed E-state index contributed by atoms with van der Waals surface area (Å²) in [5.41, 5.74) is 7.11. The van der Waals surface area contributed by atoms with Gasteiger partial charge in [0, 0.05) is 13.6 Å². The van der Waals surface area contributed by atoms with Crippen LogP contribution < -0.4 is 16.1 Å². The Morgan fingerprint density at radius 1 is 1.12 bits per heavy atom. The Kier molecular flexibility index (Phi) is 6.99. The van der Waals surface area contributed by atoms with E-state index in [9.17, 15) is 0 Å². The van der Waals surface area contributed by atoms with Gasteiger partial charge in [-0.2, -0.15) is 0 Å². The lowest BCUT2D eigenvalue weighted by molar-refractivity contribution is 0.450. The van der Waals surface area contributed by atoms with Crippen LogP contribution in [0, 0.1) is 13.8 Å². The number of nitrogens with one attached hydrogen (secondary N) is 3. The van der Waals surface area contributed by atoms with Gasteiger partial charge in [-0.3, -0.25) is 10.4 Å². The van der Waals surface area contributed by atoms with Gasteiger partial charge in [0.1, 0.15) is 0 Å². The first kappa shape index (κ1) is 19.4. The van der Waals surface area contributed by atoms with E-state index in [2.05, 4.69) is 16.1 Å². The van der Waals surface area contributed by atoms with Crippen molar-refractivity contribution in [2.24, 2.45) is 0 Å². The number of benzene rings is 2. The molecule has 0 amide bonds. The van der Waals surface area contributed by atoms with Crippen molar-refractivity contribution in [1.82, 2.24) is 15.8 Å². The molecule has 0 unspecified atom stereocenters. The van der Waals surface area contributed by atoms with E-state index in [4.69, 9.17) is 36.0 Å². The molecule has 2 rings (SSSR count). The van der Waals surface area contributed by atoms with E-state index < -0.39 is 0 Å². The standard InChI is InChI=1S/C18H21ClN4S2/c1-12-9-13(2)16(15(19)10-12)21-17(24)22-23(3)18(25)20-11-14-7-5-4-6-8-14/h4-10H,11H2,1-3H3,(H,20,25)(H2,21,22,24). The molecule has 0 bridgehead atoms. The quantitative estimate of drug-likeness (QED) is 0.538. The summed E-state index contributed by atoms with van der Waals surface area (Å²) in [6, 6.07) is 14.0. The number of rotatable bonds is 3. The Balaban J connectivity index is 1.88. The van der Waals surface area contributed by atoms with E-state index in [0.717, 1.165) is 22.4 Å². The van der Waals surface area contributed by atoms with Gasteiger partial charge in [-0.1, -0.05) is 48.0 Å². The molecule has 0 fully saturated rings. The van der Waals surface area contributed by atoms with Crippen LogP contribution in [0.25, 0.3) is 0 Å². The summed E-state index contributed by atoms with van der Waals surface area (Å²) in [4.78, 5) is 0. The van der Waals surface area contributed by atoms with E-state index in [1.165, 1.54) is 0 Å². The SMILES string of the molecule is Cc1cc(C)c(NC(=S)NN(C)C(=S)NCc2ccccc2)c(Cl)c1. The molecule has 0 aliphatic carbocycles. The zero-order chi connectivity index (χ0) is 18.4. The first-order valence-corrected chi connectivity index (χ1v) is 8.96. The third kappa shape index (κ3) is 5.85. The van der Waals surface area contributed by atoms with Gasteiger partial charge < -0.3 is 10.6 Å².